The summed E-state index contributed by atoms with van der Waals surface area (Å²) in [4.78, 5) is 12.1. The van der Waals surface area contributed by atoms with Crippen molar-refractivity contribution in [2.24, 2.45) is 0 Å². The van der Waals surface area contributed by atoms with Gasteiger partial charge in [-0.2, -0.15) is 0 Å². The maximum absolute atomic E-state index is 12.5. The highest BCUT2D eigenvalue weighted by atomic mass is 19.4. The van der Waals surface area contributed by atoms with E-state index >= 15 is 0 Å². The molecule has 1 unspecified atom stereocenters. The zero-order valence-electron chi connectivity index (χ0n) is 16.1. The average Bonchev–Trinajstić information content (AvgIpc) is 2.71. The van der Waals surface area contributed by atoms with Crippen LogP contribution in [0.1, 0.15) is 52.4 Å². The number of rotatable bonds is 6. The number of benzene rings is 1. The SMILES string of the molecule is CCOC(=O)CC(B1OC(C)(C)C(C)(C)O1)c1cccc(OC(F)(F)F)c1. The third-order valence-electron chi connectivity index (χ3n) is 4.81. The minimum absolute atomic E-state index is 0.0971. The Morgan fingerprint density at radius 1 is 1.19 bits per heavy atom. The fourth-order valence-corrected chi connectivity index (χ4v) is 2.77. The van der Waals surface area contributed by atoms with Gasteiger partial charge in [0.2, 0.25) is 0 Å². The van der Waals surface area contributed by atoms with Crippen LogP contribution in [0.2, 0.25) is 0 Å². The van der Waals surface area contributed by atoms with Crippen molar-refractivity contribution in [3.05, 3.63) is 29.8 Å². The maximum atomic E-state index is 12.5. The Labute approximate surface area is 157 Å². The Balaban J connectivity index is 2.34. The number of alkyl halides is 3. The molecule has 0 radical (unpaired) electrons. The standard InChI is InChI=1S/C18H24BF3O5/c1-6-24-15(23)11-14(19-26-16(2,3)17(4,5)27-19)12-8-7-9-13(10-12)25-18(20,21)22/h7-10,14H,6,11H2,1-5H3. The van der Waals surface area contributed by atoms with Crippen LogP contribution in [-0.2, 0) is 18.8 Å². The summed E-state index contributed by atoms with van der Waals surface area (Å²) in [6, 6.07) is 5.48. The number of halogens is 3. The molecule has 1 aliphatic heterocycles. The van der Waals surface area contributed by atoms with E-state index in [4.69, 9.17) is 14.0 Å². The summed E-state index contributed by atoms with van der Waals surface area (Å²) >= 11 is 0. The van der Waals surface area contributed by atoms with Crippen molar-refractivity contribution in [1.82, 2.24) is 0 Å². The molecule has 0 saturated carbocycles. The summed E-state index contributed by atoms with van der Waals surface area (Å²) in [6.07, 6.45) is -4.90. The summed E-state index contributed by atoms with van der Waals surface area (Å²) in [6.45, 7) is 9.32. The van der Waals surface area contributed by atoms with Crippen molar-refractivity contribution < 1.29 is 36.7 Å². The second-order valence-corrected chi connectivity index (χ2v) is 7.36. The molecule has 1 aromatic carbocycles. The molecule has 1 saturated heterocycles. The smallest absolute Gasteiger partial charge is 0.466 e. The van der Waals surface area contributed by atoms with Gasteiger partial charge in [-0.05, 0) is 52.3 Å². The summed E-state index contributed by atoms with van der Waals surface area (Å²) in [5.41, 5.74) is -0.863. The van der Waals surface area contributed by atoms with Crippen molar-refractivity contribution in [2.75, 3.05) is 6.61 Å². The van der Waals surface area contributed by atoms with E-state index < -0.39 is 36.5 Å². The molecule has 1 atom stereocenters. The van der Waals surface area contributed by atoms with Crippen LogP contribution in [-0.4, -0.2) is 37.3 Å². The average molecular weight is 388 g/mol. The van der Waals surface area contributed by atoms with Gasteiger partial charge in [0.05, 0.1) is 24.2 Å². The summed E-state index contributed by atoms with van der Waals surface area (Å²) in [7, 11) is -0.819. The van der Waals surface area contributed by atoms with Gasteiger partial charge in [-0.1, -0.05) is 12.1 Å². The molecule has 1 aliphatic rings. The molecule has 27 heavy (non-hydrogen) atoms. The lowest BCUT2D eigenvalue weighted by molar-refractivity contribution is -0.274. The van der Waals surface area contributed by atoms with Crippen LogP contribution in [0, 0.1) is 0 Å². The number of esters is 1. The van der Waals surface area contributed by atoms with Crippen molar-refractivity contribution in [1.29, 1.82) is 0 Å². The van der Waals surface area contributed by atoms with Crippen LogP contribution in [0.15, 0.2) is 24.3 Å². The van der Waals surface area contributed by atoms with E-state index in [1.54, 1.807) is 13.0 Å². The van der Waals surface area contributed by atoms with Crippen LogP contribution in [0.25, 0.3) is 0 Å². The third-order valence-corrected chi connectivity index (χ3v) is 4.81. The normalized spacial score (nSPS) is 19.6. The Kier molecular flexibility index (Phi) is 6.16. The third kappa shape index (κ3) is 5.38. The quantitative estimate of drug-likeness (QED) is 0.539. The Morgan fingerprint density at radius 2 is 1.78 bits per heavy atom. The van der Waals surface area contributed by atoms with Gasteiger partial charge in [0, 0.05) is 5.82 Å². The maximum Gasteiger partial charge on any atom is 0.573 e. The number of ether oxygens (including phenoxy) is 2. The molecule has 150 valence electrons. The number of carbonyl (C=O) groups excluding carboxylic acids is 1. The predicted molar refractivity (Wildman–Crippen MR) is 93.2 cm³/mol. The molecule has 1 aromatic rings. The monoisotopic (exact) mass is 388 g/mol. The first kappa shape index (κ1) is 21.6. The topological polar surface area (TPSA) is 54.0 Å². The van der Waals surface area contributed by atoms with Gasteiger partial charge in [-0.25, -0.2) is 0 Å². The van der Waals surface area contributed by atoms with Crippen LogP contribution < -0.4 is 4.74 Å². The highest BCUT2D eigenvalue weighted by molar-refractivity contribution is 6.48. The lowest BCUT2D eigenvalue weighted by Gasteiger charge is -2.32. The second-order valence-electron chi connectivity index (χ2n) is 7.36. The van der Waals surface area contributed by atoms with Crippen LogP contribution >= 0.6 is 0 Å². The first-order valence-electron chi connectivity index (χ1n) is 8.71. The molecule has 0 spiro atoms. The molecule has 0 bridgehead atoms. The number of carbonyl (C=O) groups is 1. The largest absolute Gasteiger partial charge is 0.573 e. The highest BCUT2D eigenvalue weighted by Gasteiger charge is 2.54. The molecular formula is C18H24BF3O5. The van der Waals surface area contributed by atoms with Gasteiger partial charge in [0.15, 0.2) is 0 Å². The molecule has 5 nitrogen and oxygen atoms in total. The van der Waals surface area contributed by atoms with E-state index in [1.807, 2.05) is 27.7 Å². The van der Waals surface area contributed by atoms with Crippen LogP contribution in [0.4, 0.5) is 13.2 Å². The molecule has 1 heterocycles. The highest BCUT2D eigenvalue weighted by Crippen LogP contribution is 2.42. The molecule has 0 N–H and O–H groups in total. The van der Waals surface area contributed by atoms with E-state index in [-0.39, 0.29) is 18.8 Å². The zero-order chi connectivity index (χ0) is 20.5. The summed E-state index contributed by atoms with van der Waals surface area (Å²) in [5, 5.41) is 0. The molecule has 0 aliphatic carbocycles. The van der Waals surface area contributed by atoms with Crippen LogP contribution in [0.3, 0.4) is 0 Å². The Bertz CT molecular complexity index is 659. The van der Waals surface area contributed by atoms with Crippen molar-refractivity contribution in [2.45, 2.75) is 64.4 Å². The molecule has 9 heteroatoms. The fourth-order valence-electron chi connectivity index (χ4n) is 2.77. The van der Waals surface area contributed by atoms with Crippen molar-refractivity contribution >= 4 is 13.1 Å². The van der Waals surface area contributed by atoms with E-state index in [1.165, 1.54) is 18.2 Å². The fraction of sp³-hybridized carbons (Fsp3) is 0.611. The number of hydrogen-bond donors (Lipinski definition) is 0. The first-order chi connectivity index (χ1) is 12.3. The number of hydrogen-bond acceptors (Lipinski definition) is 5. The Hall–Kier alpha value is -1.74. The van der Waals surface area contributed by atoms with Gasteiger partial charge >= 0.3 is 19.5 Å². The lowest BCUT2D eigenvalue weighted by Crippen LogP contribution is -2.41. The van der Waals surface area contributed by atoms with Gasteiger partial charge in [0.25, 0.3) is 0 Å². The minimum Gasteiger partial charge on any atom is -0.466 e. The lowest BCUT2D eigenvalue weighted by atomic mass is 9.66. The van der Waals surface area contributed by atoms with Crippen LogP contribution in [0.5, 0.6) is 5.75 Å². The van der Waals surface area contributed by atoms with E-state index in [0.717, 1.165) is 0 Å². The molecular weight excluding hydrogens is 364 g/mol. The van der Waals surface area contributed by atoms with Crippen molar-refractivity contribution in [3.63, 3.8) is 0 Å². The second kappa shape index (κ2) is 7.71. The molecule has 2 rings (SSSR count). The van der Waals surface area contributed by atoms with E-state index in [2.05, 4.69) is 4.74 Å². The minimum atomic E-state index is -4.81. The van der Waals surface area contributed by atoms with Crippen molar-refractivity contribution in [3.8, 4) is 5.75 Å². The zero-order valence-corrected chi connectivity index (χ0v) is 16.1. The summed E-state index contributed by atoms with van der Waals surface area (Å²) < 4.78 is 58.6. The molecule has 0 aromatic heterocycles. The first-order valence-corrected chi connectivity index (χ1v) is 8.71. The molecule has 0 amide bonds. The summed E-state index contributed by atoms with van der Waals surface area (Å²) in [5.74, 6) is -1.51. The molecule has 1 fully saturated rings. The Morgan fingerprint density at radius 3 is 2.30 bits per heavy atom. The van der Waals surface area contributed by atoms with Gasteiger partial charge in [-0.3, -0.25) is 4.79 Å². The van der Waals surface area contributed by atoms with Gasteiger partial charge in [-0.15, -0.1) is 13.2 Å². The predicted octanol–water partition coefficient (Wildman–Crippen LogP) is 4.25. The van der Waals surface area contributed by atoms with E-state index in [9.17, 15) is 18.0 Å². The van der Waals surface area contributed by atoms with E-state index in [0.29, 0.717) is 5.56 Å². The van der Waals surface area contributed by atoms with Gasteiger partial charge in [0.1, 0.15) is 5.75 Å². The van der Waals surface area contributed by atoms with Gasteiger partial charge < -0.3 is 18.8 Å².